The lowest BCUT2D eigenvalue weighted by Crippen LogP contribution is -2.03. The number of benzene rings is 2. The summed E-state index contributed by atoms with van der Waals surface area (Å²) in [5.41, 5.74) is 1.32. The van der Waals surface area contributed by atoms with Gasteiger partial charge in [0.25, 0.3) is 0 Å². The van der Waals surface area contributed by atoms with Crippen molar-refractivity contribution in [2.24, 2.45) is 0 Å². The largest absolute Gasteiger partial charge is 0.294 e. The molecule has 2 aromatic carbocycles. The molecule has 0 unspecified atom stereocenters. The van der Waals surface area contributed by atoms with Crippen LogP contribution in [0.1, 0.15) is 15.9 Å². The molecule has 0 radical (unpaired) electrons. The van der Waals surface area contributed by atoms with Crippen LogP contribution >= 0.6 is 27.5 Å². The van der Waals surface area contributed by atoms with E-state index in [9.17, 15) is 9.18 Å². The standard InChI is InChI=1S/C14H9BrClFO/c15-12-6-9(4-5-13(12)17)7-14(18)10-2-1-3-11(16)8-10/h1-6,8H,7H2. The Morgan fingerprint density at radius 2 is 2.00 bits per heavy atom. The zero-order valence-corrected chi connectivity index (χ0v) is 11.6. The molecule has 4 heteroatoms. The third-order valence-electron chi connectivity index (χ3n) is 2.50. The summed E-state index contributed by atoms with van der Waals surface area (Å²) >= 11 is 8.93. The lowest BCUT2D eigenvalue weighted by molar-refractivity contribution is 0.0993. The summed E-state index contributed by atoms with van der Waals surface area (Å²) in [5, 5.41) is 0.529. The van der Waals surface area contributed by atoms with Crippen molar-refractivity contribution in [2.75, 3.05) is 0 Å². The molecular weight excluding hydrogens is 319 g/mol. The molecule has 2 rings (SSSR count). The Kier molecular flexibility index (Phi) is 4.15. The van der Waals surface area contributed by atoms with Crippen molar-refractivity contribution in [1.82, 2.24) is 0 Å². The average Bonchev–Trinajstić information content (AvgIpc) is 2.34. The lowest BCUT2D eigenvalue weighted by atomic mass is 10.0. The first kappa shape index (κ1) is 13.2. The van der Waals surface area contributed by atoms with Crippen molar-refractivity contribution in [1.29, 1.82) is 0 Å². The summed E-state index contributed by atoms with van der Waals surface area (Å²) in [7, 11) is 0. The van der Waals surface area contributed by atoms with Gasteiger partial charge >= 0.3 is 0 Å². The average molecular weight is 328 g/mol. The molecule has 0 fully saturated rings. The van der Waals surface area contributed by atoms with Crippen LogP contribution in [-0.4, -0.2) is 5.78 Å². The van der Waals surface area contributed by atoms with Crippen molar-refractivity contribution < 1.29 is 9.18 Å². The van der Waals surface area contributed by atoms with E-state index in [1.165, 1.54) is 6.07 Å². The second-order valence-corrected chi connectivity index (χ2v) is 5.15. The molecule has 0 N–H and O–H groups in total. The van der Waals surface area contributed by atoms with Gasteiger partial charge in [-0.05, 0) is 45.8 Å². The molecule has 0 saturated carbocycles. The van der Waals surface area contributed by atoms with Gasteiger partial charge in [0.2, 0.25) is 0 Å². The Morgan fingerprint density at radius 1 is 1.22 bits per heavy atom. The van der Waals surface area contributed by atoms with Gasteiger partial charge in [-0.2, -0.15) is 0 Å². The van der Waals surface area contributed by atoms with Crippen LogP contribution in [0.15, 0.2) is 46.9 Å². The lowest BCUT2D eigenvalue weighted by Gasteiger charge is -2.03. The molecule has 0 amide bonds. The second-order valence-electron chi connectivity index (χ2n) is 3.86. The molecule has 18 heavy (non-hydrogen) atoms. The smallest absolute Gasteiger partial charge is 0.167 e. The Bertz CT molecular complexity index is 598. The molecule has 0 spiro atoms. The summed E-state index contributed by atoms with van der Waals surface area (Å²) < 4.78 is 13.4. The minimum Gasteiger partial charge on any atom is -0.294 e. The van der Waals surface area contributed by atoms with Gasteiger partial charge in [-0.3, -0.25) is 4.79 Å². The summed E-state index contributed by atoms with van der Waals surface area (Å²) in [6.07, 6.45) is 0.221. The number of Topliss-reactive ketones (excluding diaryl/α,β-unsaturated/α-hetero) is 1. The molecule has 0 aliphatic carbocycles. The number of halogens is 3. The Labute approximate surface area is 118 Å². The van der Waals surface area contributed by atoms with E-state index in [0.717, 1.165) is 5.56 Å². The highest BCUT2D eigenvalue weighted by molar-refractivity contribution is 9.10. The number of hydrogen-bond donors (Lipinski definition) is 0. The Balaban J connectivity index is 2.18. The molecule has 1 nitrogen and oxygen atoms in total. The van der Waals surface area contributed by atoms with Crippen LogP contribution in [0.25, 0.3) is 0 Å². The normalized spacial score (nSPS) is 10.4. The molecule has 0 saturated heterocycles. The number of ketones is 1. The minimum atomic E-state index is -0.339. The first-order valence-corrected chi connectivity index (χ1v) is 6.46. The van der Waals surface area contributed by atoms with E-state index in [4.69, 9.17) is 11.6 Å². The van der Waals surface area contributed by atoms with Gasteiger partial charge in [-0.15, -0.1) is 0 Å². The third kappa shape index (κ3) is 3.18. The van der Waals surface area contributed by atoms with Crippen LogP contribution in [-0.2, 0) is 6.42 Å². The van der Waals surface area contributed by atoms with E-state index in [2.05, 4.69) is 15.9 Å². The van der Waals surface area contributed by atoms with Crippen molar-refractivity contribution in [2.45, 2.75) is 6.42 Å². The molecule has 0 bridgehead atoms. The molecule has 2 aromatic rings. The highest BCUT2D eigenvalue weighted by atomic mass is 79.9. The summed E-state index contributed by atoms with van der Waals surface area (Å²) in [5.74, 6) is -0.384. The van der Waals surface area contributed by atoms with Gasteiger partial charge in [0.1, 0.15) is 5.82 Å². The van der Waals surface area contributed by atoms with Crippen molar-refractivity contribution in [3.63, 3.8) is 0 Å². The number of rotatable bonds is 3. The zero-order chi connectivity index (χ0) is 13.1. The molecule has 0 aromatic heterocycles. The van der Waals surface area contributed by atoms with Crippen molar-refractivity contribution >= 4 is 33.3 Å². The first-order chi connectivity index (χ1) is 8.56. The minimum absolute atomic E-state index is 0.0454. The third-order valence-corrected chi connectivity index (χ3v) is 3.34. The fourth-order valence-electron chi connectivity index (χ4n) is 1.60. The molecule has 0 atom stereocenters. The number of carbonyl (C=O) groups is 1. The van der Waals surface area contributed by atoms with Crippen molar-refractivity contribution in [3.8, 4) is 0 Å². The predicted octanol–water partition coefficient (Wildman–Crippen LogP) is 4.67. The zero-order valence-electron chi connectivity index (χ0n) is 9.29. The maximum Gasteiger partial charge on any atom is 0.167 e. The van der Waals surface area contributed by atoms with E-state index >= 15 is 0 Å². The van der Waals surface area contributed by atoms with Crippen LogP contribution < -0.4 is 0 Å². The maximum atomic E-state index is 13.1. The molecule has 92 valence electrons. The van der Waals surface area contributed by atoms with Crippen LogP contribution in [0.5, 0.6) is 0 Å². The second kappa shape index (κ2) is 5.63. The summed E-state index contributed by atoms with van der Waals surface area (Å²) in [4.78, 5) is 12.0. The van der Waals surface area contributed by atoms with Crippen LogP contribution in [0, 0.1) is 5.82 Å². The Hall–Kier alpha value is -1.19. The van der Waals surface area contributed by atoms with Gasteiger partial charge in [-0.1, -0.05) is 29.8 Å². The van der Waals surface area contributed by atoms with Gasteiger partial charge in [-0.25, -0.2) is 4.39 Å². The summed E-state index contributed by atoms with van der Waals surface area (Å²) in [6.45, 7) is 0. The van der Waals surface area contributed by atoms with Gasteiger partial charge < -0.3 is 0 Å². The monoisotopic (exact) mass is 326 g/mol. The van der Waals surface area contributed by atoms with Crippen LogP contribution in [0.2, 0.25) is 5.02 Å². The number of carbonyl (C=O) groups excluding carboxylic acids is 1. The van der Waals surface area contributed by atoms with Gasteiger partial charge in [0, 0.05) is 17.0 Å². The highest BCUT2D eigenvalue weighted by Gasteiger charge is 2.09. The van der Waals surface area contributed by atoms with Crippen molar-refractivity contribution in [3.05, 3.63) is 68.9 Å². The topological polar surface area (TPSA) is 17.1 Å². The SMILES string of the molecule is O=C(Cc1ccc(F)c(Br)c1)c1cccc(Cl)c1. The molecule has 0 aliphatic heterocycles. The summed E-state index contributed by atoms with van der Waals surface area (Å²) in [6, 6.07) is 11.3. The molecule has 0 heterocycles. The van der Waals surface area contributed by atoms with Gasteiger partial charge in [0.05, 0.1) is 4.47 Å². The van der Waals surface area contributed by atoms with Gasteiger partial charge in [0.15, 0.2) is 5.78 Å². The van der Waals surface area contributed by atoms with E-state index in [-0.39, 0.29) is 18.0 Å². The Morgan fingerprint density at radius 3 is 2.67 bits per heavy atom. The maximum absolute atomic E-state index is 13.1. The first-order valence-electron chi connectivity index (χ1n) is 5.29. The van der Waals surface area contributed by atoms with Crippen LogP contribution in [0.3, 0.4) is 0 Å². The van der Waals surface area contributed by atoms with Crippen LogP contribution in [0.4, 0.5) is 4.39 Å². The molecular formula is C14H9BrClFO. The number of hydrogen-bond acceptors (Lipinski definition) is 1. The highest BCUT2D eigenvalue weighted by Crippen LogP contribution is 2.19. The molecule has 0 aliphatic rings. The quantitative estimate of drug-likeness (QED) is 0.749. The van der Waals surface area contributed by atoms with E-state index < -0.39 is 0 Å². The van der Waals surface area contributed by atoms with E-state index in [1.807, 2.05) is 0 Å². The van der Waals surface area contributed by atoms with E-state index in [0.29, 0.717) is 15.1 Å². The fourth-order valence-corrected chi connectivity index (χ4v) is 2.22. The fraction of sp³-hybridized carbons (Fsp3) is 0.0714. The predicted molar refractivity (Wildman–Crippen MR) is 73.6 cm³/mol. The van der Waals surface area contributed by atoms with E-state index in [1.54, 1.807) is 36.4 Å².